The number of primary sulfonamides is 1. The lowest BCUT2D eigenvalue weighted by molar-refractivity contribution is -0.106. The van der Waals surface area contributed by atoms with Gasteiger partial charge in [-0.3, -0.25) is 0 Å². The predicted octanol–water partition coefficient (Wildman–Crippen LogP) is 2.90. The van der Waals surface area contributed by atoms with Gasteiger partial charge in [-0.1, -0.05) is 18.2 Å². The van der Waals surface area contributed by atoms with Crippen molar-refractivity contribution in [2.24, 2.45) is 5.14 Å². The van der Waals surface area contributed by atoms with E-state index in [1.165, 1.54) is 18.2 Å². The number of aryl methyl sites for hydroxylation is 1. The van der Waals surface area contributed by atoms with Crippen LogP contribution < -0.4 is 20.5 Å². The summed E-state index contributed by atoms with van der Waals surface area (Å²) < 4.78 is 84.9. The molecule has 0 saturated carbocycles. The van der Waals surface area contributed by atoms with Crippen LogP contribution in [0.2, 0.25) is 0 Å². The Hall–Kier alpha value is -3.27. The third-order valence-electron chi connectivity index (χ3n) is 4.46. The number of anilines is 4. The van der Waals surface area contributed by atoms with Gasteiger partial charge in [-0.05, 0) is 42.8 Å². The van der Waals surface area contributed by atoms with Crippen LogP contribution in [-0.2, 0) is 26.6 Å². The maximum atomic E-state index is 12.3. The van der Waals surface area contributed by atoms with Gasteiger partial charge in [0.15, 0.2) is 5.75 Å². The molecule has 0 amide bonds. The fourth-order valence-corrected chi connectivity index (χ4v) is 4.29. The second-order valence-corrected chi connectivity index (χ2v) is 10.8. The maximum Gasteiger partial charge on any atom is 0.404 e. The summed E-state index contributed by atoms with van der Waals surface area (Å²) in [7, 11) is -8.38. The van der Waals surface area contributed by atoms with Gasteiger partial charge < -0.3 is 10.6 Å². The highest BCUT2D eigenvalue weighted by molar-refractivity contribution is 7.89. The molecular weight excluding hydrogens is 509 g/mol. The Bertz CT molecular complexity index is 1410. The maximum absolute atomic E-state index is 12.3. The van der Waals surface area contributed by atoms with E-state index < -0.39 is 32.0 Å². The summed E-state index contributed by atoms with van der Waals surface area (Å²) >= 11 is 0. The van der Waals surface area contributed by atoms with Crippen molar-refractivity contribution < 1.29 is 30.0 Å². The van der Waals surface area contributed by atoms with Gasteiger partial charge in [0.05, 0.1) is 4.90 Å². The first kappa shape index (κ1) is 26.3. The van der Waals surface area contributed by atoms with Crippen LogP contribution in [0.25, 0.3) is 0 Å². The minimum absolute atomic E-state index is 0.0752. The number of benzene rings is 2. The third-order valence-corrected chi connectivity index (χ3v) is 6.66. The molecule has 0 unspecified atom stereocenters. The number of alkyl halides is 3. The average molecular weight is 531 g/mol. The SMILES string of the molecule is Cc1cnc(Nc2cccc(S(N)(=O)=O)c2)nc1Nc1ccc(CNS(=O)(=O)CC(F)(F)F)cc1. The molecule has 188 valence electrons. The summed E-state index contributed by atoms with van der Waals surface area (Å²) in [6, 6.07) is 12.1. The van der Waals surface area contributed by atoms with E-state index in [0.29, 0.717) is 28.3 Å². The quantitative estimate of drug-likeness (QED) is 0.329. The zero-order valence-electron chi connectivity index (χ0n) is 18.2. The lowest BCUT2D eigenvalue weighted by atomic mass is 10.2. The van der Waals surface area contributed by atoms with Crippen LogP contribution in [0.5, 0.6) is 0 Å². The first-order chi connectivity index (χ1) is 16.2. The molecule has 35 heavy (non-hydrogen) atoms. The normalized spacial score (nSPS) is 12.4. The summed E-state index contributed by atoms with van der Waals surface area (Å²) in [6.07, 6.45) is -3.28. The Labute approximate surface area is 199 Å². The van der Waals surface area contributed by atoms with E-state index >= 15 is 0 Å². The van der Waals surface area contributed by atoms with E-state index in [1.807, 2.05) is 4.72 Å². The second kappa shape index (κ2) is 10.2. The molecule has 2 aromatic carbocycles. The molecule has 1 heterocycles. The van der Waals surface area contributed by atoms with Crippen molar-refractivity contribution in [1.82, 2.24) is 14.7 Å². The molecule has 0 fully saturated rings. The van der Waals surface area contributed by atoms with Crippen molar-refractivity contribution in [2.45, 2.75) is 24.5 Å². The van der Waals surface area contributed by atoms with Crippen LogP contribution >= 0.6 is 0 Å². The minimum Gasteiger partial charge on any atom is -0.340 e. The summed E-state index contributed by atoms with van der Waals surface area (Å²) in [4.78, 5) is 8.46. The number of nitrogens with one attached hydrogen (secondary N) is 3. The largest absolute Gasteiger partial charge is 0.404 e. The average Bonchev–Trinajstić information content (AvgIpc) is 2.74. The lowest BCUT2D eigenvalue weighted by Gasteiger charge is -2.12. The lowest BCUT2D eigenvalue weighted by Crippen LogP contribution is -2.33. The van der Waals surface area contributed by atoms with Crippen molar-refractivity contribution in [3.63, 3.8) is 0 Å². The number of nitrogens with zero attached hydrogens (tertiary/aromatic N) is 2. The van der Waals surface area contributed by atoms with Gasteiger partial charge in [-0.2, -0.15) is 18.2 Å². The third kappa shape index (κ3) is 8.17. The molecule has 0 bridgehead atoms. The van der Waals surface area contributed by atoms with Gasteiger partial charge in [0.25, 0.3) is 0 Å². The number of hydrogen-bond acceptors (Lipinski definition) is 8. The highest BCUT2D eigenvalue weighted by Gasteiger charge is 2.34. The van der Waals surface area contributed by atoms with Crippen molar-refractivity contribution in [3.8, 4) is 0 Å². The van der Waals surface area contributed by atoms with Gasteiger partial charge in [0.2, 0.25) is 26.0 Å². The van der Waals surface area contributed by atoms with Gasteiger partial charge in [-0.15, -0.1) is 0 Å². The molecule has 0 saturated heterocycles. The standard InChI is InChI=1S/C20H21F3N6O4S2/c1-13-10-25-19(28-16-3-2-4-17(9-16)35(24,32)33)29-18(13)27-15-7-5-14(6-8-15)11-26-34(30,31)12-20(21,22)23/h2-10,26H,11-12H2,1H3,(H2,24,32,33)(H2,25,27,28,29). The Morgan fingerprint density at radius 1 is 0.971 bits per heavy atom. The van der Waals surface area contributed by atoms with Crippen molar-refractivity contribution in [1.29, 1.82) is 0 Å². The van der Waals surface area contributed by atoms with E-state index in [1.54, 1.807) is 43.5 Å². The zero-order valence-corrected chi connectivity index (χ0v) is 19.8. The van der Waals surface area contributed by atoms with E-state index in [2.05, 4.69) is 20.6 Å². The molecular formula is C20H21F3N6O4S2. The van der Waals surface area contributed by atoms with Gasteiger partial charge in [-0.25, -0.2) is 31.7 Å². The topological polar surface area (TPSA) is 156 Å². The molecule has 0 spiro atoms. The molecule has 0 aliphatic rings. The van der Waals surface area contributed by atoms with Crippen LogP contribution in [0.1, 0.15) is 11.1 Å². The monoisotopic (exact) mass is 530 g/mol. The van der Waals surface area contributed by atoms with Gasteiger partial charge in [0, 0.05) is 29.7 Å². The van der Waals surface area contributed by atoms with Crippen molar-refractivity contribution in [2.75, 3.05) is 16.4 Å². The van der Waals surface area contributed by atoms with E-state index in [-0.39, 0.29) is 17.4 Å². The number of halogens is 3. The van der Waals surface area contributed by atoms with Crippen LogP contribution in [0, 0.1) is 6.92 Å². The fraction of sp³-hybridized carbons (Fsp3) is 0.200. The Kier molecular flexibility index (Phi) is 7.64. The summed E-state index contributed by atoms with van der Waals surface area (Å²) in [5.41, 5.74) is 2.13. The first-order valence-corrected chi connectivity index (χ1v) is 13.0. The van der Waals surface area contributed by atoms with Gasteiger partial charge in [0.1, 0.15) is 5.82 Å². The van der Waals surface area contributed by atoms with E-state index in [9.17, 15) is 30.0 Å². The summed E-state index contributed by atoms with van der Waals surface area (Å²) in [6.45, 7) is 1.47. The number of hydrogen-bond donors (Lipinski definition) is 4. The highest BCUT2D eigenvalue weighted by Crippen LogP contribution is 2.23. The van der Waals surface area contributed by atoms with E-state index in [0.717, 1.165) is 0 Å². The predicted molar refractivity (Wildman–Crippen MR) is 124 cm³/mol. The number of nitrogens with two attached hydrogens (primary N) is 1. The first-order valence-electron chi connectivity index (χ1n) is 9.84. The number of sulfonamides is 2. The highest BCUT2D eigenvalue weighted by atomic mass is 32.2. The Morgan fingerprint density at radius 2 is 1.66 bits per heavy atom. The smallest absolute Gasteiger partial charge is 0.340 e. The molecule has 3 aromatic rings. The molecule has 3 rings (SSSR count). The molecule has 0 atom stereocenters. The van der Waals surface area contributed by atoms with Crippen molar-refractivity contribution >= 4 is 43.2 Å². The fourth-order valence-electron chi connectivity index (χ4n) is 2.81. The molecule has 15 heteroatoms. The van der Waals surface area contributed by atoms with Crippen LogP contribution in [0.15, 0.2) is 59.6 Å². The summed E-state index contributed by atoms with van der Waals surface area (Å²) in [5, 5.41) is 11.1. The molecule has 5 N–H and O–H groups in total. The van der Waals surface area contributed by atoms with E-state index in [4.69, 9.17) is 5.14 Å². The van der Waals surface area contributed by atoms with Crippen LogP contribution in [-0.4, -0.2) is 38.7 Å². The molecule has 0 radical (unpaired) electrons. The Morgan fingerprint density at radius 3 is 2.29 bits per heavy atom. The molecule has 0 aliphatic carbocycles. The number of rotatable bonds is 9. The van der Waals surface area contributed by atoms with Gasteiger partial charge >= 0.3 is 6.18 Å². The van der Waals surface area contributed by atoms with Crippen LogP contribution in [0.4, 0.5) is 36.3 Å². The molecule has 1 aromatic heterocycles. The Balaban J connectivity index is 1.68. The second-order valence-electron chi connectivity index (χ2n) is 7.44. The zero-order chi connectivity index (χ0) is 25.9. The van der Waals surface area contributed by atoms with Crippen molar-refractivity contribution in [3.05, 3.63) is 65.9 Å². The molecule has 0 aliphatic heterocycles. The number of aromatic nitrogens is 2. The minimum atomic E-state index is -4.83. The van der Waals surface area contributed by atoms with Crippen LogP contribution in [0.3, 0.4) is 0 Å². The summed E-state index contributed by atoms with van der Waals surface area (Å²) in [5.74, 6) is -1.33. The molecule has 10 nitrogen and oxygen atoms in total.